The number of epoxide rings is 1. The standard InChI is InChI=1S/C16H12F4O/c1-15(10-6-8-11(17)9-7-10)14(21-15)12-4-2-3-5-13(12)16(18,19)20/h2-9,14H,1H3. The average molecular weight is 296 g/mol. The quantitative estimate of drug-likeness (QED) is 0.571. The molecule has 1 heterocycles. The van der Waals surface area contributed by atoms with Crippen molar-refractivity contribution in [2.24, 2.45) is 0 Å². The first-order valence-corrected chi connectivity index (χ1v) is 6.42. The van der Waals surface area contributed by atoms with E-state index in [0.29, 0.717) is 5.56 Å². The third-order valence-corrected chi connectivity index (χ3v) is 3.77. The summed E-state index contributed by atoms with van der Waals surface area (Å²) < 4.78 is 57.6. The first-order chi connectivity index (χ1) is 9.82. The van der Waals surface area contributed by atoms with Crippen molar-refractivity contribution in [3.8, 4) is 0 Å². The number of alkyl halides is 3. The first kappa shape index (κ1) is 14.1. The van der Waals surface area contributed by atoms with Crippen LogP contribution in [0.4, 0.5) is 17.6 Å². The minimum atomic E-state index is -4.42. The highest BCUT2D eigenvalue weighted by atomic mass is 19.4. The van der Waals surface area contributed by atoms with Crippen molar-refractivity contribution < 1.29 is 22.3 Å². The molecule has 0 N–H and O–H groups in total. The van der Waals surface area contributed by atoms with Crippen LogP contribution >= 0.6 is 0 Å². The number of benzene rings is 2. The summed E-state index contributed by atoms with van der Waals surface area (Å²) in [7, 11) is 0. The van der Waals surface area contributed by atoms with Crippen molar-refractivity contribution in [2.45, 2.75) is 24.8 Å². The molecule has 3 rings (SSSR count). The lowest BCUT2D eigenvalue weighted by Crippen LogP contribution is -2.11. The fraction of sp³-hybridized carbons (Fsp3) is 0.250. The van der Waals surface area contributed by atoms with Crippen LogP contribution in [-0.4, -0.2) is 0 Å². The number of halogens is 4. The maximum atomic E-state index is 13.0. The molecule has 1 aliphatic rings. The van der Waals surface area contributed by atoms with Gasteiger partial charge < -0.3 is 4.74 Å². The van der Waals surface area contributed by atoms with Gasteiger partial charge in [-0.05, 0) is 36.2 Å². The van der Waals surface area contributed by atoms with Crippen molar-refractivity contribution in [2.75, 3.05) is 0 Å². The lowest BCUT2D eigenvalue weighted by atomic mass is 9.91. The summed E-state index contributed by atoms with van der Waals surface area (Å²) in [5.41, 5.74) is -0.779. The summed E-state index contributed by atoms with van der Waals surface area (Å²) in [6.07, 6.45) is -5.10. The Morgan fingerprint density at radius 3 is 2.24 bits per heavy atom. The zero-order chi connectivity index (χ0) is 15.3. The van der Waals surface area contributed by atoms with Gasteiger partial charge in [-0.25, -0.2) is 4.39 Å². The van der Waals surface area contributed by atoms with Crippen LogP contribution in [0.25, 0.3) is 0 Å². The van der Waals surface area contributed by atoms with Crippen LogP contribution in [-0.2, 0) is 16.5 Å². The van der Waals surface area contributed by atoms with E-state index in [-0.39, 0.29) is 5.56 Å². The van der Waals surface area contributed by atoms with E-state index in [4.69, 9.17) is 4.74 Å². The van der Waals surface area contributed by atoms with Gasteiger partial charge in [0.25, 0.3) is 0 Å². The molecule has 1 saturated heterocycles. The number of hydrogen-bond acceptors (Lipinski definition) is 1. The molecule has 0 spiro atoms. The molecule has 2 unspecified atom stereocenters. The van der Waals surface area contributed by atoms with E-state index in [0.717, 1.165) is 6.07 Å². The molecule has 1 aliphatic heterocycles. The van der Waals surface area contributed by atoms with Gasteiger partial charge in [0.1, 0.15) is 17.5 Å². The molecular weight excluding hydrogens is 284 g/mol. The van der Waals surface area contributed by atoms with Crippen LogP contribution in [0.5, 0.6) is 0 Å². The van der Waals surface area contributed by atoms with Crippen molar-refractivity contribution in [3.05, 3.63) is 71.0 Å². The molecule has 110 valence electrons. The van der Waals surface area contributed by atoms with Gasteiger partial charge >= 0.3 is 6.18 Å². The smallest absolute Gasteiger partial charge is 0.356 e. The molecule has 2 atom stereocenters. The Morgan fingerprint density at radius 1 is 1.00 bits per heavy atom. The summed E-state index contributed by atoms with van der Waals surface area (Å²) in [6.45, 7) is 1.71. The lowest BCUT2D eigenvalue weighted by molar-refractivity contribution is -0.138. The largest absolute Gasteiger partial charge is 0.416 e. The fourth-order valence-electron chi connectivity index (χ4n) is 2.56. The second kappa shape index (κ2) is 4.56. The van der Waals surface area contributed by atoms with Crippen LogP contribution in [0.3, 0.4) is 0 Å². The molecule has 1 nitrogen and oxygen atoms in total. The molecule has 0 aromatic heterocycles. The molecule has 21 heavy (non-hydrogen) atoms. The summed E-state index contributed by atoms with van der Waals surface area (Å²) in [5.74, 6) is -0.393. The fourth-order valence-corrected chi connectivity index (χ4v) is 2.56. The van der Waals surface area contributed by atoms with E-state index < -0.39 is 29.3 Å². The normalized spacial score (nSPS) is 24.9. The Labute approximate surface area is 119 Å². The Hall–Kier alpha value is -1.88. The molecule has 0 radical (unpaired) electrons. The third kappa shape index (κ3) is 2.42. The maximum absolute atomic E-state index is 13.0. The zero-order valence-electron chi connectivity index (χ0n) is 11.1. The Kier molecular flexibility index (Phi) is 3.06. The Balaban J connectivity index is 1.96. The van der Waals surface area contributed by atoms with Gasteiger partial charge in [0.2, 0.25) is 0 Å². The second-order valence-corrected chi connectivity index (χ2v) is 5.20. The van der Waals surface area contributed by atoms with Gasteiger partial charge in [-0.3, -0.25) is 0 Å². The molecule has 5 heteroatoms. The minimum Gasteiger partial charge on any atom is -0.356 e. The van der Waals surface area contributed by atoms with Crippen LogP contribution in [0.1, 0.15) is 29.7 Å². The van der Waals surface area contributed by atoms with E-state index in [9.17, 15) is 17.6 Å². The molecule has 0 saturated carbocycles. The summed E-state index contributed by atoms with van der Waals surface area (Å²) in [6, 6.07) is 11.0. The molecule has 0 aliphatic carbocycles. The van der Waals surface area contributed by atoms with Crippen molar-refractivity contribution in [1.82, 2.24) is 0 Å². The van der Waals surface area contributed by atoms with Crippen LogP contribution in [0.2, 0.25) is 0 Å². The lowest BCUT2D eigenvalue weighted by Gasteiger charge is -2.12. The van der Waals surface area contributed by atoms with Gasteiger partial charge in [0, 0.05) is 0 Å². The average Bonchev–Trinajstić information content (AvgIpc) is 3.12. The van der Waals surface area contributed by atoms with Gasteiger partial charge in [-0.15, -0.1) is 0 Å². The predicted molar refractivity (Wildman–Crippen MR) is 69.0 cm³/mol. The molecule has 0 bridgehead atoms. The number of ether oxygens (including phenoxy) is 1. The van der Waals surface area contributed by atoms with Crippen molar-refractivity contribution in [3.63, 3.8) is 0 Å². The highest BCUT2D eigenvalue weighted by Gasteiger charge is 2.56. The Bertz CT molecular complexity index is 663. The van der Waals surface area contributed by atoms with Crippen LogP contribution < -0.4 is 0 Å². The summed E-state index contributed by atoms with van der Waals surface area (Å²) in [5, 5.41) is 0. The van der Waals surface area contributed by atoms with E-state index in [2.05, 4.69) is 0 Å². The maximum Gasteiger partial charge on any atom is 0.416 e. The highest BCUT2D eigenvalue weighted by molar-refractivity contribution is 5.40. The number of hydrogen-bond donors (Lipinski definition) is 0. The van der Waals surface area contributed by atoms with E-state index >= 15 is 0 Å². The highest BCUT2D eigenvalue weighted by Crippen LogP contribution is 2.58. The molecule has 2 aromatic rings. The van der Waals surface area contributed by atoms with Crippen LogP contribution in [0.15, 0.2) is 48.5 Å². The predicted octanol–water partition coefficient (Wildman–Crippen LogP) is 4.83. The van der Waals surface area contributed by atoms with Gasteiger partial charge in [-0.2, -0.15) is 13.2 Å². The Morgan fingerprint density at radius 2 is 1.62 bits per heavy atom. The van der Waals surface area contributed by atoms with Gasteiger partial charge in [-0.1, -0.05) is 30.3 Å². The third-order valence-electron chi connectivity index (χ3n) is 3.77. The summed E-state index contributed by atoms with van der Waals surface area (Å²) >= 11 is 0. The van der Waals surface area contributed by atoms with E-state index in [1.54, 1.807) is 13.0 Å². The molecular formula is C16H12F4O. The SMILES string of the molecule is CC1(c2ccc(F)cc2)OC1c1ccccc1C(F)(F)F. The van der Waals surface area contributed by atoms with Crippen molar-refractivity contribution in [1.29, 1.82) is 0 Å². The van der Waals surface area contributed by atoms with Crippen molar-refractivity contribution >= 4 is 0 Å². The first-order valence-electron chi connectivity index (χ1n) is 6.42. The van der Waals surface area contributed by atoms with Gasteiger partial charge in [0.05, 0.1) is 5.56 Å². The molecule has 1 fully saturated rings. The van der Waals surface area contributed by atoms with Gasteiger partial charge in [0.15, 0.2) is 0 Å². The monoisotopic (exact) mass is 296 g/mol. The number of rotatable bonds is 2. The molecule has 2 aromatic carbocycles. The van der Waals surface area contributed by atoms with E-state index in [1.807, 2.05) is 0 Å². The van der Waals surface area contributed by atoms with E-state index in [1.165, 1.54) is 36.4 Å². The topological polar surface area (TPSA) is 12.5 Å². The summed E-state index contributed by atoms with van der Waals surface area (Å²) in [4.78, 5) is 0. The second-order valence-electron chi connectivity index (χ2n) is 5.20. The minimum absolute atomic E-state index is 0.108. The van der Waals surface area contributed by atoms with Crippen LogP contribution in [0, 0.1) is 5.82 Å². The zero-order valence-corrected chi connectivity index (χ0v) is 11.1. The molecule has 0 amide bonds.